The second kappa shape index (κ2) is 2.23. The van der Waals surface area contributed by atoms with Crippen LogP contribution in [-0.4, -0.2) is 10.1 Å². The van der Waals surface area contributed by atoms with Crippen molar-refractivity contribution in [1.82, 2.24) is 4.98 Å². The Morgan fingerprint density at radius 3 is 2.80 bits per heavy atom. The molecule has 0 aromatic carbocycles. The maximum absolute atomic E-state index is 10.5. The van der Waals surface area contributed by atoms with Crippen molar-refractivity contribution in [1.29, 1.82) is 5.26 Å². The minimum atomic E-state index is -0.475. The quantitative estimate of drug-likeness (QED) is 0.525. The van der Waals surface area contributed by atoms with E-state index in [0.717, 1.165) is 6.07 Å². The van der Waals surface area contributed by atoms with E-state index in [0.29, 0.717) is 0 Å². The van der Waals surface area contributed by atoms with Crippen LogP contribution in [0.25, 0.3) is 0 Å². The van der Waals surface area contributed by atoms with Gasteiger partial charge in [-0.1, -0.05) is 0 Å². The first-order valence-electron chi connectivity index (χ1n) is 2.56. The van der Waals surface area contributed by atoms with Crippen LogP contribution in [0.1, 0.15) is 5.69 Å². The van der Waals surface area contributed by atoms with Crippen molar-refractivity contribution in [2.24, 2.45) is 0 Å². The molecular formula is C6H4N2O2. The van der Waals surface area contributed by atoms with Crippen LogP contribution in [0.15, 0.2) is 16.9 Å². The second-order valence-corrected chi connectivity index (χ2v) is 1.73. The summed E-state index contributed by atoms with van der Waals surface area (Å²) < 4.78 is 0. The summed E-state index contributed by atoms with van der Waals surface area (Å²) in [5, 5.41) is 17.0. The first-order chi connectivity index (χ1) is 4.72. The summed E-state index contributed by atoms with van der Waals surface area (Å²) in [7, 11) is 0. The smallest absolute Gasteiger partial charge is 0.252 e. The molecule has 0 unspecified atom stereocenters. The Morgan fingerprint density at radius 2 is 2.30 bits per heavy atom. The van der Waals surface area contributed by atoms with E-state index in [1.165, 1.54) is 6.07 Å². The highest BCUT2D eigenvalue weighted by atomic mass is 16.3. The summed E-state index contributed by atoms with van der Waals surface area (Å²) in [6, 6.07) is 3.88. The van der Waals surface area contributed by atoms with Crippen molar-refractivity contribution < 1.29 is 5.11 Å². The molecule has 0 aliphatic heterocycles. The molecule has 50 valence electrons. The number of nitrogens with one attached hydrogen (secondary N) is 1. The van der Waals surface area contributed by atoms with Gasteiger partial charge in [-0.15, -0.1) is 0 Å². The molecule has 0 aliphatic rings. The lowest BCUT2D eigenvalue weighted by atomic mass is 10.3. The average Bonchev–Trinajstić information content (AvgIpc) is 1.85. The molecule has 0 fully saturated rings. The molecule has 0 bridgehead atoms. The predicted octanol–water partition coefficient (Wildman–Crippen LogP) is -0.0478. The number of aromatic amines is 1. The zero-order valence-electron chi connectivity index (χ0n) is 4.96. The third-order valence-corrected chi connectivity index (χ3v) is 0.950. The van der Waals surface area contributed by atoms with Gasteiger partial charge in [0.2, 0.25) is 0 Å². The Balaban J connectivity index is 3.36. The van der Waals surface area contributed by atoms with Gasteiger partial charge in [-0.05, 0) is 0 Å². The van der Waals surface area contributed by atoms with E-state index in [-0.39, 0.29) is 11.4 Å². The summed E-state index contributed by atoms with van der Waals surface area (Å²) >= 11 is 0. The first kappa shape index (κ1) is 6.36. The molecule has 2 N–H and O–H groups in total. The monoisotopic (exact) mass is 136 g/mol. The molecule has 1 heterocycles. The fourth-order valence-electron chi connectivity index (χ4n) is 0.589. The number of aromatic nitrogens is 1. The zero-order valence-corrected chi connectivity index (χ0v) is 4.96. The van der Waals surface area contributed by atoms with Crippen LogP contribution < -0.4 is 5.56 Å². The van der Waals surface area contributed by atoms with Crippen LogP contribution >= 0.6 is 0 Å². The van der Waals surface area contributed by atoms with Crippen LogP contribution in [0.3, 0.4) is 0 Å². The molecule has 1 aromatic rings. The van der Waals surface area contributed by atoms with Gasteiger partial charge in [0.25, 0.3) is 5.56 Å². The second-order valence-electron chi connectivity index (χ2n) is 1.73. The molecule has 4 nitrogen and oxygen atoms in total. The summed E-state index contributed by atoms with van der Waals surface area (Å²) in [6.07, 6.45) is 0. The molecule has 0 saturated heterocycles. The van der Waals surface area contributed by atoms with Gasteiger partial charge < -0.3 is 10.1 Å². The lowest BCUT2D eigenvalue weighted by molar-refractivity contribution is 0.473. The molecule has 0 radical (unpaired) electrons. The lowest BCUT2D eigenvalue weighted by Crippen LogP contribution is -2.04. The van der Waals surface area contributed by atoms with E-state index in [9.17, 15) is 4.79 Å². The van der Waals surface area contributed by atoms with E-state index < -0.39 is 5.56 Å². The number of nitriles is 1. The fourth-order valence-corrected chi connectivity index (χ4v) is 0.589. The number of hydrogen-bond acceptors (Lipinski definition) is 3. The van der Waals surface area contributed by atoms with E-state index >= 15 is 0 Å². The van der Waals surface area contributed by atoms with Crippen molar-refractivity contribution in [3.05, 3.63) is 28.2 Å². The summed E-state index contributed by atoms with van der Waals surface area (Å²) in [5.74, 6) is -0.194. The van der Waals surface area contributed by atoms with Crippen LogP contribution in [-0.2, 0) is 0 Å². The standard InChI is InChI=1S/C6H4N2O2/c7-3-4-1-5(9)2-6(10)8-4/h1-2H,(H2,8,9,10). The lowest BCUT2D eigenvalue weighted by Gasteiger charge is -1.88. The predicted molar refractivity (Wildman–Crippen MR) is 33.4 cm³/mol. The van der Waals surface area contributed by atoms with Crippen molar-refractivity contribution in [2.45, 2.75) is 0 Å². The number of hydrogen-bond donors (Lipinski definition) is 2. The maximum atomic E-state index is 10.5. The normalized spacial score (nSPS) is 8.70. The van der Waals surface area contributed by atoms with Gasteiger partial charge in [0.1, 0.15) is 17.5 Å². The van der Waals surface area contributed by atoms with Crippen molar-refractivity contribution in [3.8, 4) is 11.8 Å². The van der Waals surface area contributed by atoms with Crippen LogP contribution in [0, 0.1) is 11.3 Å². The van der Waals surface area contributed by atoms with Crippen LogP contribution in [0.5, 0.6) is 5.75 Å². The molecule has 0 amide bonds. The van der Waals surface area contributed by atoms with Gasteiger partial charge in [-0.2, -0.15) is 5.26 Å². The minimum Gasteiger partial charge on any atom is -0.508 e. The Labute approximate surface area is 56.4 Å². The summed E-state index contributed by atoms with van der Waals surface area (Å²) in [4.78, 5) is 12.7. The Hall–Kier alpha value is -1.76. The average molecular weight is 136 g/mol. The highest BCUT2D eigenvalue weighted by Gasteiger charge is 1.93. The number of aromatic hydroxyl groups is 1. The minimum absolute atomic E-state index is 0.0602. The molecular weight excluding hydrogens is 132 g/mol. The van der Waals surface area contributed by atoms with E-state index in [1.807, 2.05) is 0 Å². The number of H-pyrrole nitrogens is 1. The summed E-state index contributed by atoms with van der Waals surface area (Å²) in [6.45, 7) is 0. The van der Waals surface area contributed by atoms with Gasteiger partial charge in [0.15, 0.2) is 0 Å². The van der Waals surface area contributed by atoms with E-state index in [4.69, 9.17) is 10.4 Å². The van der Waals surface area contributed by atoms with E-state index in [1.54, 1.807) is 6.07 Å². The molecule has 0 aliphatic carbocycles. The van der Waals surface area contributed by atoms with Crippen molar-refractivity contribution >= 4 is 0 Å². The van der Waals surface area contributed by atoms with Gasteiger partial charge >= 0.3 is 0 Å². The molecule has 10 heavy (non-hydrogen) atoms. The number of rotatable bonds is 0. The van der Waals surface area contributed by atoms with Crippen LogP contribution in [0.2, 0.25) is 0 Å². The highest BCUT2D eigenvalue weighted by molar-refractivity contribution is 5.28. The first-order valence-corrected chi connectivity index (χ1v) is 2.56. The third-order valence-electron chi connectivity index (χ3n) is 0.950. The molecule has 0 spiro atoms. The molecule has 4 heteroatoms. The van der Waals surface area contributed by atoms with Gasteiger partial charge in [0, 0.05) is 12.1 Å². The maximum Gasteiger partial charge on any atom is 0.252 e. The Bertz CT molecular complexity index is 334. The molecule has 0 saturated carbocycles. The number of nitrogens with zero attached hydrogens (tertiary/aromatic N) is 1. The Morgan fingerprint density at radius 1 is 1.60 bits per heavy atom. The third kappa shape index (κ3) is 1.14. The fraction of sp³-hybridized carbons (Fsp3) is 0. The van der Waals surface area contributed by atoms with Crippen molar-refractivity contribution in [3.63, 3.8) is 0 Å². The molecule has 1 aromatic heterocycles. The Kier molecular flexibility index (Phi) is 1.42. The van der Waals surface area contributed by atoms with E-state index in [2.05, 4.69) is 4.98 Å². The highest BCUT2D eigenvalue weighted by Crippen LogP contribution is 2.02. The summed E-state index contributed by atoms with van der Waals surface area (Å²) in [5.41, 5.74) is -0.415. The number of pyridine rings is 1. The zero-order chi connectivity index (χ0) is 7.56. The van der Waals surface area contributed by atoms with Gasteiger partial charge in [0.05, 0.1) is 0 Å². The largest absolute Gasteiger partial charge is 0.508 e. The molecule has 0 atom stereocenters. The van der Waals surface area contributed by atoms with Gasteiger partial charge in [-0.25, -0.2) is 0 Å². The molecule has 1 rings (SSSR count). The topological polar surface area (TPSA) is 76.9 Å². The van der Waals surface area contributed by atoms with Crippen LogP contribution in [0.4, 0.5) is 0 Å². The van der Waals surface area contributed by atoms with Gasteiger partial charge in [-0.3, -0.25) is 4.79 Å². The van der Waals surface area contributed by atoms with Crippen molar-refractivity contribution in [2.75, 3.05) is 0 Å². The SMILES string of the molecule is N#Cc1cc(O)cc(=O)[nH]1.